The summed E-state index contributed by atoms with van der Waals surface area (Å²) in [6, 6.07) is 13.5. The number of benzene rings is 3. The van der Waals surface area contributed by atoms with Gasteiger partial charge in [0.15, 0.2) is 31.3 Å². The zero-order valence-corrected chi connectivity index (χ0v) is 39.2. The number of anilines is 1. The number of nitro benzene ring substituents is 1. The van der Waals surface area contributed by atoms with Crippen LogP contribution in [0.25, 0.3) is 0 Å². The topological polar surface area (TPSA) is 159 Å². The van der Waals surface area contributed by atoms with E-state index >= 15 is 0 Å². The van der Waals surface area contributed by atoms with Crippen LogP contribution in [0.15, 0.2) is 61.2 Å². The van der Waals surface area contributed by atoms with Crippen molar-refractivity contribution in [2.24, 2.45) is 5.41 Å². The molecule has 3 aromatic carbocycles. The molecule has 4 aliphatic rings. The van der Waals surface area contributed by atoms with E-state index in [9.17, 15) is 24.5 Å². The van der Waals surface area contributed by atoms with Crippen LogP contribution < -0.4 is 23.8 Å². The Kier molecular flexibility index (Phi) is 13.7. The number of nitro groups is 1. The van der Waals surface area contributed by atoms with Crippen molar-refractivity contribution in [1.29, 1.82) is 0 Å². The zero-order valence-electron chi connectivity index (χ0n) is 38.2. The van der Waals surface area contributed by atoms with Gasteiger partial charge in [0.2, 0.25) is 0 Å². The molecule has 15 nitrogen and oxygen atoms in total. The maximum atomic E-state index is 14.4. The highest BCUT2D eigenvalue weighted by Crippen LogP contribution is 2.56. The summed E-state index contributed by atoms with van der Waals surface area (Å²) in [7, 11) is 0.785. The maximum absolute atomic E-state index is 14.4. The van der Waals surface area contributed by atoms with Crippen LogP contribution >= 0.6 is 0 Å². The molecular weight excluding hydrogens is 837 g/mol. The fourth-order valence-electron chi connectivity index (χ4n) is 8.70. The lowest BCUT2D eigenvalue weighted by Crippen LogP contribution is -2.50. The minimum Gasteiger partial charge on any atom is -0.493 e. The lowest BCUT2D eigenvalue weighted by atomic mass is 9.93. The normalized spacial score (nSPS) is 18.7. The van der Waals surface area contributed by atoms with E-state index in [0.29, 0.717) is 81.3 Å². The van der Waals surface area contributed by atoms with Crippen molar-refractivity contribution in [3.8, 4) is 23.0 Å². The number of carbonyl (C=O) groups is 3. The van der Waals surface area contributed by atoms with Crippen molar-refractivity contribution in [2.75, 3.05) is 58.6 Å². The Morgan fingerprint density at radius 1 is 0.953 bits per heavy atom. The monoisotopic (exact) mass is 898 g/mol. The Morgan fingerprint density at radius 2 is 1.61 bits per heavy atom. The zero-order chi connectivity index (χ0) is 46.0. The fraction of sp³-hybridized carbons (Fsp3) is 0.521. The number of hydrogen-bond acceptors (Lipinski definition) is 11. The number of ether oxygens (including phenoxy) is 5. The van der Waals surface area contributed by atoms with Crippen LogP contribution in [0.5, 0.6) is 23.0 Å². The standard InChI is InChI=1S/C48H62N4O11Si/c1-9-19-62-46(55)50-29-35-27-48(17-18-48)31-51(35)45(54)36-23-40(58-5)42(25-38(36)50)60-20-13-10-14-21-61-43-26-39(52(56)57)37(24-41(43)59-6)44(53)49-28-33-16-12-11-15-32(33)22-34(49)30-63-64(7,8)47(2,3)4/h9,11-12,15-16,23-26,34-35H,1,10,13-14,17-22,27-31H2,2-8H3/t34-,35-/m0/s1. The third-order valence-electron chi connectivity index (χ3n) is 13.6. The Morgan fingerprint density at radius 3 is 2.23 bits per heavy atom. The van der Waals surface area contributed by atoms with Crippen LogP contribution in [-0.4, -0.2) is 107 Å². The van der Waals surface area contributed by atoms with Gasteiger partial charge < -0.3 is 37.9 Å². The SMILES string of the molecule is C=CCOC(=O)N1C[C@@H]2CC3(CC3)CN2C(=O)c2cc(OC)c(OCCCCCOc3cc([N+](=O)[O-])c(C(=O)N4Cc5ccccc5C[C@H]4CO[Si](C)(C)C(C)(C)C)cc3OC)cc21. The van der Waals surface area contributed by atoms with E-state index in [-0.39, 0.29) is 64.4 Å². The molecule has 16 heteroatoms. The molecule has 7 rings (SSSR count). The van der Waals surface area contributed by atoms with Gasteiger partial charge in [-0.2, -0.15) is 0 Å². The second kappa shape index (κ2) is 18.8. The summed E-state index contributed by atoms with van der Waals surface area (Å²) in [5.41, 5.74) is 2.60. The second-order valence-corrected chi connectivity index (χ2v) is 23.8. The highest BCUT2D eigenvalue weighted by Gasteiger charge is 2.55. The molecule has 0 aromatic heterocycles. The Labute approximate surface area is 376 Å². The number of methoxy groups -OCH3 is 2. The predicted octanol–water partition coefficient (Wildman–Crippen LogP) is 8.97. The lowest BCUT2D eigenvalue weighted by molar-refractivity contribution is -0.385. The van der Waals surface area contributed by atoms with Crippen molar-refractivity contribution in [1.82, 2.24) is 9.80 Å². The van der Waals surface area contributed by atoms with Gasteiger partial charge in [-0.05, 0) is 85.7 Å². The third-order valence-corrected chi connectivity index (χ3v) is 18.1. The third kappa shape index (κ3) is 9.72. The van der Waals surface area contributed by atoms with E-state index in [1.54, 1.807) is 17.0 Å². The predicted molar refractivity (Wildman–Crippen MR) is 244 cm³/mol. The summed E-state index contributed by atoms with van der Waals surface area (Å²) in [6.45, 7) is 16.7. The lowest BCUT2D eigenvalue weighted by Gasteiger charge is -2.41. The number of hydrogen-bond donors (Lipinski definition) is 0. The van der Waals surface area contributed by atoms with Gasteiger partial charge in [0.05, 0.1) is 68.4 Å². The first-order valence-electron chi connectivity index (χ1n) is 22.2. The molecule has 64 heavy (non-hydrogen) atoms. The molecule has 0 radical (unpaired) electrons. The van der Waals surface area contributed by atoms with Crippen LogP contribution in [-0.2, 0) is 22.1 Å². The van der Waals surface area contributed by atoms with Gasteiger partial charge in [-0.3, -0.25) is 24.6 Å². The van der Waals surface area contributed by atoms with E-state index < -0.39 is 25.2 Å². The van der Waals surface area contributed by atoms with E-state index in [2.05, 4.69) is 46.5 Å². The molecule has 1 saturated heterocycles. The summed E-state index contributed by atoms with van der Waals surface area (Å²) < 4.78 is 35.6. The van der Waals surface area contributed by atoms with Gasteiger partial charge in [-0.15, -0.1) is 0 Å². The Bertz CT molecular complexity index is 2270. The van der Waals surface area contributed by atoms with Gasteiger partial charge in [0.1, 0.15) is 12.2 Å². The average Bonchev–Trinajstić information content (AvgIpc) is 3.96. The minimum atomic E-state index is -2.17. The van der Waals surface area contributed by atoms with Crippen molar-refractivity contribution >= 4 is 37.6 Å². The van der Waals surface area contributed by atoms with Crippen molar-refractivity contribution in [3.63, 3.8) is 0 Å². The molecule has 2 fully saturated rings. The molecule has 3 aliphatic heterocycles. The summed E-state index contributed by atoms with van der Waals surface area (Å²) in [5, 5.41) is 12.5. The smallest absolute Gasteiger partial charge is 0.414 e. The van der Waals surface area contributed by atoms with Gasteiger partial charge in [-0.1, -0.05) is 57.7 Å². The maximum Gasteiger partial charge on any atom is 0.414 e. The number of amides is 3. The summed E-state index contributed by atoms with van der Waals surface area (Å²) >= 11 is 0. The number of nitrogens with zero attached hydrogens (tertiary/aromatic N) is 4. The average molecular weight is 899 g/mol. The van der Waals surface area contributed by atoms with Crippen LogP contribution in [0.1, 0.15) is 91.1 Å². The van der Waals surface area contributed by atoms with Gasteiger partial charge in [0.25, 0.3) is 17.5 Å². The molecule has 2 atom stereocenters. The largest absolute Gasteiger partial charge is 0.493 e. The molecule has 3 heterocycles. The summed E-state index contributed by atoms with van der Waals surface area (Å²) in [4.78, 5) is 58.9. The highest BCUT2D eigenvalue weighted by atomic mass is 28.4. The minimum absolute atomic E-state index is 0.0324. The van der Waals surface area contributed by atoms with Gasteiger partial charge in [0, 0.05) is 31.8 Å². The van der Waals surface area contributed by atoms with Crippen LogP contribution in [0, 0.1) is 15.5 Å². The molecule has 1 saturated carbocycles. The molecule has 344 valence electrons. The van der Waals surface area contributed by atoms with E-state index in [0.717, 1.165) is 30.4 Å². The molecule has 0 bridgehead atoms. The Balaban J connectivity index is 0.993. The first-order valence-corrected chi connectivity index (χ1v) is 25.1. The second-order valence-electron chi connectivity index (χ2n) is 19.0. The van der Waals surface area contributed by atoms with Crippen molar-refractivity contribution in [2.45, 2.75) is 102 Å². The first kappa shape index (κ1) is 46.4. The molecule has 3 aromatic rings. The van der Waals surface area contributed by atoms with Gasteiger partial charge >= 0.3 is 6.09 Å². The number of unbranched alkanes of at least 4 members (excludes halogenated alkanes) is 2. The quantitative estimate of drug-likeness (QED) is 0.0419. The number of fused-ring (bicyclic) bond motifs is 3. The first-order chi connectivity index (χ1) is 30.5. The fourth-order valence-corrected chi connectivity index (χ4v) is 9.75. The Hall–Kier alpha value is -5.61. The molecule has 3 amide bonds. The molecule has 0 unspecified atom stereocenters. The summed E-state index contributed by atoms with van der Waals surface area (Å²) in [5.74, 6) is 0.538. The number of carbonyl (C=O) groups excluding carboxylic acids is 3. The molecule has 1 spiro atoms. The van der Waals surface area contributed by atoms with Crippen LogP contribution in [0.3, 0.4) is 0 Å². The van der Waals surface area contributed by atoms with Gasteiger partial charge in [-0.25, -0.2) is 4.79 Å². The van der Waals surface area contributed by atoms with Crippen LogP contribution in [0.2, 0.25) is 18.1 Å². The summed E-state index contributed by atoms with van der Waals surface area (Å²) in [6.07, 6.45) is 6.42. The van der Waals surface area contributed by atoms with Crippen molar-refractivity contribution < 1.29 is 47.4 Å². The molecular formula is C48H62N4O11Si. The van der Waals surface area contributed by atoms with Crippen LogP contribution in [0.4, 0.5) is 16.2 Å². The molecule has 0 N–H and O–H groups in total. The molecule has 1 aliphatic carbocycles. The highest BCUT2D eigenvalue weighted by molar-refractivity contribution is 6.74. The number of rotatable bonds is 17. The van der Waals surface area contributed by atoms with E-state index in [1.807, 2.05) is 23.1 Å². The van der Waals surface area contributed by atoms with E-state index in [4.69, 9.17) is 28.1 Å². The van der Waals surface area contributed by atoms with E-state index in [1.165, 1.54) is 37.3 Å². The van der Waals surface area contributed by atoms with Crippen molar-refractivity contribution in [3.05, 3.63) is 93.6 Å².